The molecule has 0 aromatic carbocycles. The predicted molar refractivity (Wildman–Crippen MR) is 118 cm³/mol. The Balaban J connectivity index is 1.62. The van der Waals surface area contributed by atoms with Crippen molar-refractivity contribution in [3.8, 4) is 0 Å². The van der Waals surface area contributed by atoms with Crippen LogP contribution in [-0.4, -0.2) is 59.1 Å². The van der Waals surface area contributed by atoms with Gasteiger partial charge in [-0.3, -0.25) is 9.59 Å². The van der Waals surface area contributed by atoms with Gasteiger partial charge in [0.1, 0.15) is 5.60 Å². The number of aromatic nitrogens is 2. The molecule has 32 heavy (non-hydrogen) atoms. The topological polar surface area (TPSA) is 107 Å². The lowest BCUT2D eigenvalue weighted by Crippen LogP contribution is -2.50. The molecular formula is C23H33N3O5S. The Bertz CT molecular complexity index is 1000. The highest BCUT2D eigenvalue weighted by atomic mass is 32.2. The van der Waals surface area contributed by atoms with E-state index < -0.39 is 20.7 Å². The lowest BCUT2D eigenvalue weighted by atomic mass is 9.77. The number of amides is 1. The fourth-order valence-corrected chi connectivity index (χ4v) is 7.01. The van der Waals surface area contributed by atoms with Gasteiger partial charge >= 0.3 is 5.97 Å². The number of sulfone groups is 1. The van der Waals surface area contributed by atoms with E-state index in [-0.39, 0.29) is 35.4 Å². The summed E-state index contributed by atoms with van der Waals surface area (Å²) < 4.78 is 31.6. The maximum absolute atomic E-state index is 13.2. The van der Waals surface area contributed by atoms with Crippen molar-refractivity contribution in [2.24, 2.45) is 0 Å². The lowest BCUT2D eigenvalue weighted by molar-refractivity contribution is -0.155. The Morgan fingerprint density at radius 2 is 1.84 bits per heavy atom. The molecule has 1 aromatic heterocycles. The molecule has 176 valence electrons. The second-order valence-electron chi connectivity index (χ2n) is 10.4. The van der Waals surface area contributed by atoms with Crippen LogP contribution in [0.4, 0.5) is 0 Å². The van der Waals surface area contributed by atoms with Crippen LogP contribution >= 0.6 is 0 Å². The highest BCUT2D eigenvalue weighted by Crippen LogP contribution is 2.45. The molecule has 0 bridgehead atoms. The van der Waals surface area contributed by atoms with Gasteiger partial charge < -0.3 is 9.64 Å². The van der Waals surface area contributed by atoms with Crippen LogP contribution in [0.15, 0.2) is 11.4 Å². The first-order valence-electron chi connectivity index (χ1n) is 11.6. The van der Waals surface area contributed by atoms with Gasteiger partial charge in [-0.1, -0.05) is 25.7 Å². The molecule has 1 aromatic rings. The first kappa shape index (κ1) is 23.1. The van der Waals surface area contributed by atoms with E-state index in [4.69, 9.17) is 4.74 Å². The van der Waals surface area contributed by atoms with Gasteiger partial charge in [-0.2, -0.15) is 0 Å². The minimum absolute atomic E-state index is 0.115. The number of hydrogen-bond acceptors (Lipinski definition) is 7. The summed E-state index contributed by atoms with van der Waals surface area (Å²) in [5.41, 5.74) is 0.00462. The van der Waals surface area contributed by atoms with Gasteiger partial charge in [-0.25, -0.2) is 18.4 Å². The van der Waals surface area contributed by atoms with Gasteiger partial charge in [0.2, 0.25) is 15.0 Å². The molecule has 9 heteroatoms. The van der Waals surface area contributed by atoms with Crippen molar-refractivity contribution in [2.45, 2.75) is 100.0 Å². The van der Waals surface area contributed by atoms with Crippen LogP contribution in [0.3, 0.4) is 0 Å². The highest BCUT2D eigenvalue weighted by molar-refractivity contribution is 7.91. The third-order valence-corrected chi connectivity index (χ3v) is 8.90. The Labute approximate surface area is 190 Å². The van der Waals surface area contributed by atoms with E-state index in [0.29, 0.717) is 30.6 Å². The largest absolute Gasteiger partial charge is 0.460 e. The molecule has 0 N–H and O–H groups in total. The monoisotopic (exact) mass is 463 g/mol. The predicted octanol–water partition coefficient (Wildman–Crippen LogP) is 3.19. The summed E-state index contributed by atoms with van der Waals surface area (Å²) in [6, 6.07) is 0. The Morgan fingerprint density at radius 3 is 2.47 bits per heavy atom. The van der Waals surface area contributed by atoms with Crippen molar-refractivity contribution in [1.82, 2.24) is 14.9 Å². The molecular weight excluding hydrogens is 430 g/mol. The Kier molecular flexibility index (Phi) is 6.07. The third kappa shape index (κ3) is 4.40. The first-order chi connectivity index (χ1) is 15.0. The molecule has 0 unspecified atom stereocenters. The molecule has 1 spiro atoms. The summed E-state index contributed by atoms with van der Waals surface area (Å²) in [4.78, 5) is 35.8. The van der Waals surface area contributed by atoms with Crippen molar-refractivity contribution in [2.75, 3.05) is 13.1 Å². The van der Waals surface area contributed by atoms with Gasteiger partial charge in [0.25, 0.3) is 5.91 Å². The minimum atomic E-state index is -3.60. The van der Waals surface area contributed by atoms with Gasteiger partial charge in [-0.05, 0) is 46.5 Å². The van der Waals surface area contributed by atoms with Crippen LogP contribution in [0.1, 0.15) is 94.6 Å². The zero-order chi connectivity index (χ0) is 23.1. The van der Waals surface area contributed by atoms with Crippen LogP contribution in [0.25, 0.3) is 0 Å². The summed E-state index contributed by atoms with van der Waals surface area (Å²) in [5, 5.41) is -0.561. The number of carbonyl (C=O) groups is 2. The van der Waals surface area contributed by atoms with Gasteiger partial charge in [0, 0.05) is 24.7 Å². The zero-order valence-electron chi connectivity index (χ0n) is 19.2. The molecule has 1 amide bonds. The number of hydrogen-bond donors (Lipinski definition) is 0. The second-order valence-corrected chi connectivity index (χ2v) is 12.5. The van der Waals surface area contributed by atoms with Crippen molar-refractivity contribution >= 4 is 21.7 Å². The van der Waals surface area contributed by atoms with E-state index in [0.717, 1.165) is 38.5 Å². The van der Waals surface area contributed by atoms with Gasteiger partial charge in [0.05, 0.1) is 22.9 Å². The van der Waals surface area contributed by atoms with E-state index in [2.05, 4.69) is 9.97 Å². The number of ether oxygens (including phenoxy) is 1. The molecule has 0 radical (unpaired) electrons. The number of nitrogens with zero attached hydrogens (tertiary/aromatic N) is 3. The van der Waals surface area contributed by atoms with Crippen LogP contribution in [0.5, 0.6) is 0 Å². The molecule has 0 saturated heterocycles. The van der Waals surface area contributed by atoms with Crippen LogP contribution < -0.4 is 0 Å². The van der Waals surface area contributed by atoms with E-state index in [1.165, 1.54) is 6.20 Å². The standard InChI is InChI=1S/C23H33N3O5S/c1-22(2,3)31-18(27)10-13-26-15-23(11-6-7-12-23)19-17(20(26)28)14-24-21(25-19)32(29,30)16-8-4-5-9-16/h14,16H,4-13,15H2,1-3H3. The van der Waals surface area contributed by atoms with E-state index >= 15 is 0 Å². The van der Waals surface area contributed by atoms with Crippen LogP contribution in [0.2, 0.25) is 0 Å². The SMILES string of the molecule is CC(C)(C)OC(=O)CCN1CC2(CCCC2)c2nc(S(=O)(=O)C3CCCC3)ncc2C1=O. The first-order valence-corrected chi connectivity index (χ1v) is 13.2. The Morgan fingerprint density at radius 1 is 1.19 bits per heavy atom. The number of rotatable bonds is 5. The highest BCUT2D eigenvalue weighted by Gasteiger charge is 2.47. The molecule has 2 fully saturated rings. The van der Waals surface area contributed by atoms with Crippen molar-refractivity contribution < 1.29 is 22.7 Å². The molecule has 2 heterocycles. The fraction of sp³-hybridized carbons (Fsp3) is 0.739. The normalized spacial score (nSPS) is 21.2. The average Bonchev–Trinajstić information content (AvgIpc) is 3.41. The van der Waals surface area contributed by atoms with Crippen LogP contribution in [0, 0.1) is 0 Å². The van der Waals surface area contributed by atoms with Gasteiger partial charge in [0.15, 0.2) is 0 Å². The minimum Gasteiger partial charge on any atom is -0.460 e. The van der Waals surface area contributed by atoms with Crippen molar-refractivity contribution in [3.05, 3.63) is 17.5 Å². The molecule has 3 aliphatic rings. The summed E-state index contributed by atoms with van der Waals surface area (Å²) in [5.74, 6) is -0.586. The zero-order valence-corrected chi connectivity index (χ0v) is 20.0. The second kappa shape index (κ2) is 8.39. The molecule has 8 nitrogen and oxygen atoms in total. The van der Waals surface area contributed by atoms with Crippen LogP contribution in [-0.2, 0) is 24.8 Å². The number of carbonyl (C=O) groups excluding carboxylic acids is 2. The quantitative estimate of drug-likeness (QED) is 0.487. The molecule has 1 aliphatic heterocycles. The van der Waals surface area contributed by atoms with E-state index in [1.807, 2.05) is 20.8 Å². The van der Waals surface area contributed by atoms with Crippen molar-refractivity contribution in [1.29, 1.82) is 0 Å². The number of esters is 1. The maximum atomic E-state index is 13.2. The molecule has 2 aliphatic carbocycles. The molecule has 2 saturated carbocycles. The van der Waals surface area contributed by atoms with E-state index in [1.54, 1.807) is 4.90 Å². The Hall–Kier alpha value is -2.03. The lowest BCUT2D eigenvalue weighted by Gasteiger charge is -2.40. The fourth-order valence-electron chi connectivity index (χ4n) is 5.34. The third-order valence-electron chi connectivity index (χ3n) is 6.84. The summed E-state index contributed by atoms with van der Waals surface area (Å²) in [6.07, 6.45) is 8.30. The van der Waals surface area contributed by atoms with Gasteiger partial charge in [-0.15, -0.1) is 0 Å². The smallest absolute Gasteiger partial charge is 0.308 e. The van der Waals surface area contributed by atoms with Crippen molar-refractivity contribution in [3.63, 3.8) is 0 Å². The summed E-state index contributed by atoms with van der Waals surface area (Å²) >= 11 is 0. The molecule has 4 rings (SSSR count). The maximum Gasteiger partial charge on any atom is 0.308 e. The van der Waals surface area contributed by atoms with E-state index in [9.17, 15) is 18.0 Å². The average molecular weight is 464 g/mol. The summed E-state index contributed by atoms with van der Waals surface area (Å²) in [7, 11) is -3.60. The molecule has 0 atom stereocenters. The summed E-state index contributed by atoms with van der Waals surface area (Å²) in [6.45, 7) is 6.15. The number of fused-ring (bicyclic) bond motifs is 2.